The Hall–Kier alpha value is -1.88. The fraction of sp³-hybridized carbons (Fsp3) is 0.556. The lowest BCUT2D eigenvalue weighted by molar-refractivity contribution is -0.0574. The number of aromatic amines is 1. The zero-order chi connectivity index (χ0) is 13.6. The number of aromatic nitrogens is 5. The second-order valence-electron chi connectivity index (χ2n) is 4.17. The lowest BCUT2D eigenvalue weighted by Gasteiger charge is -2.14. The van der Waals surface area contributed by atoms with Crippen molar-refractivity contribution in [3.63, 3.8) is 0 Å². The molecule has 102 valence electrons. The van der Waals surface area contributed by atoms with Gasteiger partial charge in [-0.3, -0.25) is 4.79 Å². The van der Waals surface area contributed by atoms with Gasteiger partial charge in [-0.15, -0.1) is 5.10 Å². The van der Waals surface area contributed by atoms with Crippen LogP contribution in [0.3, 0.4) is 0 Å². The molecule has 1 aliphatic rings. The van der Waals surface area contributed by atoms with E-state index in [4.69, 9.17) is 9.84 Å². The van der Waals surface area contributed by atoms with E-state index in [1.165, 1.54) is 6.33 Å². The monoisotopic (exact) mass is 269 g/mol. The molecule has 0 unspecified atom stereocenters. The molecule has 4 N–H and O–H groups in total. The molecule has 3 rings (SSSR count). The molecule has 1 aliphatic heterocycles. The zero-order valence-corrected chi connectivity index (χ0v) is 9.54. The van der Waals surface area contributed by atoms with Crippen LogP contribution < -0.4 is 5.56 Å². The number of aliphatic hydroxyl groups excluding tert-OH is 3. The third-order valence-corrected chi connectivity index (χ3v) is 3.03. The largest absolute Gasteiger partial charge is 0.394 e. The average molecular weight is 269 g/mol. The van der Waals surface area contributed by atoms with Crippen molar-refractivity contribution in [3.05, 3.63) is 16.7 Å². The van der Waals surface area contributed by atoms with Gasteiger partial charge in [0.1, 0.15) is 18.3 Å². The van der Waals surface area contributed by atoms with E-state index in [-0.39, 0.29) is 11.2 Å². The first-order valence-corrected chi connectivity index (χ1v) is 5.54. The van der Waals surface area contributed by atoms with Crippen molar-refractivity contribution in [2.24, 2.45) is 0 Å². The van der Waals surface area contributed by atoms with Crippen LogP contribution in [-0.2, 0) is 4.74 Å². The number of aliphatic hydroxyl groups is 3. The molecule has 1 fully saturated rings. The minimum absolute atomic E-state index is 0.000221. The van der Waals surface area contributed by atoms with Gasteiger partial charge >= 0.3 is 0 Å². The summed E-state index contributed by atoms with van der Waals surface area (Å²) in [6.07, 6.45) is -3.38. The van der Waals surface area contributed by atoms with Crippen LogP contribution in [0.4, 0.5) is 0 Å². The van der Waals surface area contributed by atoms with Crippen molar-refractivity contribution in [2.45, 2.75) is 24.5 Å². The molecule has 2 aromatic heterocycles. The number of hydrogen-bond acceptors (Lipinski definition) is 8. The fourth-order valence-corrected chi connectivity index (χ4v) is 2.03. The normalized spacial score (nSPS) is 31.1. The molecule has 19 heavy (non-hydrogen) atoms. The Morgan fingerprint density at radius 2 is 2.21 bits per heavy atom. The minimum Gasteiger partial charge on any atom is -0.394 e. The molecule has 0 amide bonds. The third-order valence-electron chi connectivity index (χ3n) is 3.03. The van der Waals surface area contributed by atoms with Gasteiger partial charge in [0.25, 0.3) is 5.56 Å². The number of nitrogens with one attached hydrogen (secondary N) is 1. The minimum atomic E-state index is -1.30. The van der Waals surface area contributed by atoms with Gasteiger partial charge in [0.2, 0.25) is 0 Å². The molecular formula is C9H11N5O5. The van der Waals surface area contributed by atoms with Gasteiger partial charge in [-0.1, -0.05) is 5.21 Å². The van der Waals surface area contributed by atoms with E-state index in [0.717, 1.165) is 4.68 Å². The number of H-pyrrole nitrogens is 1. The third kappa shape index (κ3) is 1.73. The molecule has 0 aliphatic carbocycles. The van der Waals surface area contributed by atoms with Gasteiger partial charge in [0, 0.05) is 0 Å². The van der Waals surface area contributed by atoms with E-state index >= 15 is 0 Å². The Balaban J connectivity index is 2.06. The summed E-state index contributed by atoms with van der Waals surface area (Å²) in [5.41, 5.74) is -0.346. The van der Waals surface area contributed by atoms with Crippen LogP contribution in [0.2, 0.25) is 0 Å². The molecule has 10 nitrogen and oxygen atoms in total. The molecule has 0 bridgehead atoms. The summed E-state index contributed by atoms with van der Waals surface area (Å²) in [4.78, 5) is 17.7. The Bertz CT molecular complexity index is 654. The molecule has 10 heteroatoms. The van der Waals surface area contributed by atoms with E-state index in [2.05, 4.69) is 20.3 Å². The molecule has 0 spiro atoms. The van der Waals surface area contributed by atoms with Crippen LogP contribution in [0.25, 0.3) is 11.2 Å². The van der Waals surface area contributed by atoms with E-state index < -0.39 is 36.7 Å². The Morgan fingerprint density at radius 3 is 2.89 bits per heavy atom. The van der Waals surface area contributed by atoms with Crippen molar-refractivity contribution in [1.29, 1.82) is 0 Å². The molecule has 1 saturated heterocycles. The molecule has 2 aromatic rings. The number of nitrogens with zero attached hydrogens (tertiary/aromatic N) is 4. The summed E-state index contributed by atoms with van der Waals surface area (Å²) in [5, 5.41) is 35.9. The number of ether oxygens (including phenoxy) is 1. The molecule has 0 saturated carbocycles. The maximum Gasteiger partial charge on any atom is 0.280 e. The van der Waals surface area contributed by atoms with Crippen LogP contribution in [0.1, 0.15) is 6.23 Å². The van der Waals surface area contributed by atoms with Gasteiger partial charge in [-0.05, 0) is 0 Å². The standard InChI is InChI=1S/C9H11N5O5/c15-1-3-5(16)6(17)9(19-3)14-7-4(12-13-14)8(18)11-2-10-7/h2-3,5-6,9,15-17H,1H2,(H,10,11,18)/t3-,5+,6+,9+/m0/s1. The van der Waals surface area contributed by atoms with Crippen molar-refractivity contribution >= 4 is 11.2 Å². The molecule has 0 radical (unpaired) electrons. The molecule has 3 heterocycles. The van der Waals surface area contributed by atoms with Crippen molar-refractivity contribution < 1.29 is 20.1 Å². The molecule has 0 aromatic carbocycles. The Kier molecular flexibility index (Phi) is 2.78. The van der Waals surface area contributed by atoms with Gasteiger partial charge in [0.05, 0.1) is 12.9 Å². The van der Waals surface area contributed by atoms with Crippen LogP contribution in [0, 0.1) is 0 Å². The van der Waals surface area contributed by atoms with E-state index in [1.807, 2.05) is 0 Å². The van der Waals surface area contributed by atoms with Crippen LogP contribution in [-0.4, -0.2) is 65.2 Å². The van der Waals surface area contributed by atoms with Crippen molar-refractivity contribution in [1.82, 2.24) is 25.0 Å². The van der Waals surface area contributed by atoms with Crippen molar-refractivity contribution in [3.8, 4) is 0 Å². The average Bonchev–Trinajstić information content (AvgIpc) is 2.94. The highest BCUT2D eigenvalue weighted by molar-refractivity contribution is 5.67. The number of hydrogen-bond donors (Lipinski definition) is 4. The quantitative estimate of drug-likeness (QED) is 0.455. The highest BCUT2D eigenvalue weighted by atomic mass is 16.6. The summed E-state index contributed by atoms with van der Waals surface area (Å²) in [6.45, 7) is -0.449. The van der Waals surface area contributed by atoms with Crippen LogP contribution in [0.15, 0.2) is 11.1 Å². The summed E-state index contributed by atoms with van der Waals surface area (Å²) >= 11 is 0. The van der Waals surface area contributed by atoms with E-state index in [1.54, 1.807) is 0 Å². The Morgan fingerprint density at radius 1 is 1.42 bits per heavy atom. The number of rotatable bonds is 2. The molecular weight excluding hydrogens is 258 g/mol. The summed E-state index contributed by atoms with van der Waals surface area (Å²) in [5.74, 6) is 0. The van der Waals surface area contributed by atoms with Crippen molar-refractivity contribution in [2.75, 3.05) is 6.61 Å². The first-order valence-electron chi connectivity index (χ1n) is 5.54. The lowest BCUT2D eigenvalue weighted by atomic mass is 10.1. The predicted octanol–water partition coefficient (Wildman–Crippen LogP) is -2.87. The van der Waals surface area contributed by atoms with E-state index in [0.29, 0.717) is 0 Å². The maximum absolute atomic E-state index is 11.5. The smallest absolute Gasteiger partial charge is 0.280 e. The Labute approximate surface area is 105 Å². The first-order chi connectivity index (χ1) is 9.13. The predicted molar refractivity (Wildman–Crippen MR) is 59.0 cm³/mol. The van der Waals surface area contributed by atoms with Gasteiger partial charge in [-0.25, -0.2) is 4.98 Å². The van der Waals surface area contributed by atoms with Crippen LogP contribution >= 0.6 is 0 Å². The van der Waals surface area contributed by atoms with Gasteiger partial charge in [0.15, 0.2) is 17.4 Å². The summed E-state index contributed by atoms with van der Waals surface area (Å²) < 4.78 is 6.39. The lowest BCUT2D eigenvalue weighted by Crippen LogP contribution is -2.33. The maximum atomic E-state index is 11.5. The fourth-order valence-electron chi connectivity index (χ4n) is 2.03. The van der Waals surface area contributed by atoms with Crippen LogP contribution in [0.5, 0.6) is 0 Å². The highest BCUT2D eigenvalue weighted by Gasteiger charge is 2.44. The summed E-state index contributed by atoms with van der Waals surface area (Å²) in [6, 6.07) is 0. The van der Waals surface area contributed by atoms with Gasteiger partial charge < -0.3 is 25.0 Å². The second-order valence-corrected chi connectivity index (χ2v) is 4.17. The number of fused-ring (bicyclic) bond motifs is 1. The SMILES string of the molecule is O=c1[nH]cnc2c1nnn2[C@@H]1O[C@@H](CO)[C@@H](O)[C@H]1O. The topological polar surface area (TPSA) is 146 Å². The van der Waals surface area contributed by atoms with E-state index in [9.17, 15) is 15.0 Å². The first kappa shape index (κ1) is 12.2. The zero-order valence-electron chi connectivity index (χ0n) is 9.54. The molecule has 4 atom stereocenters. The van der Waals surface area contributed by atoms with Gasteiger partial charge in [-0.2, -0.15) is 4.68 Å². The second kappa shape index (κ2) is 4.35. The summed E-state index contributed by atoms with van der Waals surface area (Å²) in [7, 11) is 0. The highest BCUT2D eigenvalue weighted by Crippen LogP contribution is 2.29.